The highest BCUT2D eigenvalue weighted by Crippen LogP contribution is 2.31. The standard InChI is InChI=1S/C17H21N7O/c1-11(2)17-20-21-22-24(17)10-15(25)23-9-5-8-14(23)16-18-12-6-3-4-7-13(12)19-16/h3-4,6-7,11,14H,5,8-10H2,1-2H3,(H,18,19)/t14-/m1/s1. The maximum absolute atomic E-state index is 12.9. The monoisotopic (exact) mass is 339 g/mol. The SMILES string of the molecule is CC(C)c1nnnn1CC(=O)N1CCC[C@@H]1c1nc2ccccc2[nH]1. The lowest BCUT2D eigenvalue weighted by Crippen LogP contribution is -2.34. The van der Waals surface area contributed by atoms with Gasteiger partial charge in [0, 0.05) is 12.5 Å². The number of imidazole rings is 1. The number of amides is 1. The molecule has 0 unspecified atom stereocenters. The third-order valence-electron chi connectivity index (χ3n) is 4.66. The molecular weight excluding hydrogens is 318 g/mol. The van der Waals surface area contributed by atoms with E-state index in [0.717, 1.165) is 42.1 Å². The van der Waals surface area contributed by atoms with Crippen molar-refractivity contribution in [2.45, 2.75) is 45.2 Å². The number of para-hydroxylation sites is 2. The van der Waals surface area contributed by atoms with Gasteiger partial charge in [0.25, 0.3) is 0 Å². The first kappa shape index (κ1) is 15.7. The Labute approximate surface area is 145 Å². The Balaban J connectivity index is 1.56. The predicted octanol–water partition coefficient (Wildman–Crippen LogP) is 2.04. The molecule has 3 aromatic rings. The van der Waals surface area contributed by atoms with E-state index in [0.29, 0.717) is 0 Å². The minimum Gasteiger partial charge on any atom is -0.340 e. The second kappa shape index (κ2) is 6.27. The molecule has 1 saturated heterocycles. The molecule has 1 N–H and O–H groups in total. The van der Waals surface area contributed by atoms with E-state index in [4.69, 9.17) is 0 Å². The Morgan fingerprint density at radius 1 is 1.36 bits per heavy atom. The van der Waals surface area contributed by atoms with Crippen LogP contribution in [0.5, 0.6) is 0 Å². The number of hydrogen-bond acceptors (Lipinski definition) is 5. The molecule has 0 spiro atoms. The van der Waals surface area contributed by atoms with Crippen LogP contribution in [0.1, 0.15) is 50.3 Å². The number of hydrogen-bond donors (Lipinski definition) is 1. The van der Waals surface area contributed by atoms with Crippen LogP contribution in [0.25, 0.3) is 11.0 Å². The summed E-state index contributed by atoms with van der Waals surface area (Å²) in [4.78, 5) is 22.8. The molecule has 4 rings (SSSR count). The Bertz CT molecular complexity index is 864. The van der Waals surface area contributed by atoms with E-state index in [1.165, 1.54) is 0 Å². The van der Waals surface area contributed by atoms with Crippen molar-refractivity contribution in [2.24, 2.45) is 0 Å². The molecular formula is C17H21N7O. The van der Waals surface area contributed by atoms with Crippen molar-refractivity contribution < 1.29 is 4.79 Å². The van der Waals surface area contributed by atoms with E-state index >= 15 is 0 Å². The van der Waals surface area contributed by atoms with Crippen LogP contribution in [-0.4, -0.2) is 47.5 Å². The number of fused-ring (bicyclic) bond motifs is 1. The molecule has 1 aliphatic rings. The fourth-order valence-corrected chi connectivity index (χ4v) is 3.44. The van der Waals surface area contributed by atoms with Crippen LogP contribution in [0.15, 0.2) is 24.3 Å². The first-order valence-corrected chi connectivity index (χ1v) is 8.63. The number of aromatic nitrogens is 6. The fraction of sp³-hybridized carbons (Fsp3) is 0.471. The zero-order chi connectivity index (χ0) is 17.4. The summed E-state index contributed by atoms with van der Waals surface area (Å²) in [7, 11) is 0. The van der Waals surface area contributed by atoms with Gasteiger partial charge in [0.2, 0.25) is 5.91 Å². The molecule has 1 fully saturated rings. The maximum Gasteiger partial charge on any atom is 0.245 e. The average molecular weight is 339 g/mol. The molecule has 0 radical (unpaired) electrons. The Hall–Kier alpha value is -2.77. The third kappa shape index (κ3) is 2.88. The van der Waals surface area contributed by atoms with Crippen molar-refractivity contribution in [3.63, 3.8) is 0 Å². The van der Waals surface area contributed by atoms with Crippen LogP contribution in [-0.2, 0) is 11.3 Å². The number of aromatic amines is 1. The van der Waals surface area contributed by atoms with Crippen molar-refractivity contribution in [3.8, 4) is 0 Å². The summed E-state index contributed by atoms with van der Waals surface area (Å²) in [5.41, 5.74) is 1.93. The lowest BCUT2D eigenvalue weighted by Gasteiger charge is -2.23. The van der Waals surface area contributed by atoms with Gasteiger partial charge in [-0.3, -0.25) is 4.79 Å². The summed E-state index contributed by atoms with van der Waals surface area (Å²) in [6, 6.07) is 7.91. The molecule has 0 saturated carbocycles. The smallest absolute Gasteiger partial charge is 0.245 e. The van der Waals surface area contributed by atoms with E-state index in [2.05, 4.69) is 25.5 Å². The van der Waals surface area contributed by atoms with Crippen LogP contribution in [0.4, 0.5) is 0 Å². The van der Waals surface area contributed by atoms with Gasteiger partial charge in [-0.1, -0.05) is 26.0 Å². The summed E-state index contributed by atoms with van der Waals surface area (Å²) in [5, 5.41) is 11.7. The van der Waals surface area contributed by atoms with E-state index in [-0.39, 0.29) is 24.4 Å². The molecule has 8 heteroatoms. The van der Waals surface area contributed by atoms with E-state index in [9.17, 15) is 4.79 Å². The predicted molar refractivity (Wildman–Crippen MR) is 91.7 cm³/mol. The number of nitrogens with one attached hydrogen (secondary N) is 1. The molecule has 0 bridgehead atoms. The van der Waals surface area contributed by atoms with Gasteiger partial charge in [-0.15, -0.1) is 5.10 Å². The molecule has 25 heavy (non-hydrogen) atoms. The molecule has 1 atom stereocenters. The van der Waals surface area contributed by atoms with Crippen LogP contribution >= 0.6 is 0 Å². The summed E-state index contributed by atoms with van der Waals surface area (Å²) in [6.07, 6.45) is 1.89. The topological polar surface area (TPSA) is 92.6 Å². The Morgan fingerprint density at radius 2 is 2.20 bits per heavy atom. The van der Waals surface area contributed by atoms with Crippen molar-refractivity contribution >= 4 is 16.9 Å². The van der Waals surface area contributed by atoms with Crippen LogP contribution in [0.3, 0.4) is 0 Å². The van der Waals surface area contributed by atoms with Gasteiger partial charge in [0.1, 0.15) is 12.4 Å². The van der Waals surface area contributed by atoms with Gasteiger partial charge in [0.15, 0.2) is 5.82 Å². The normalized spacial score (nSPS) is 17.7. The van der Waals surface area contributed by atoms with Crippen LogP contribution in [0, 0.1) is 0 Å². The average Bonchev–Trinajstić information content (AvgIpc) is 3.32. The Kier molecular flexibility index (Phi) is 3.95. The summed E-state index contributed by atoms with van der Waals surface area (Å²) < 4.78 is 1.60. The van der Waals surface area contributed by atoms with Crippen LogP contribution < -0.4 is 0 Å². The van der Waals surface area contributed by atoms with Crippen molar-refractivity contribution in [1.29, 1.82) is 0 Å². The zero-order valence-electron chi connectivity index (χ0n) is 14.4. The molecule has 8 nitrogen and oxygen atoms in total. The lowest BCUT2D eigenvalue weighted by atomic mass is 10.2. The van der Waals surface area contributed by atoms with E-state index in [1.54, 1.807) is 4.68 Å². The lowest BCUT2D eigenvalue weighted by molar-refractivity contribution is -0.133. The Morgan fingerprint density at radius 3 is 3.00 bits per heavy atom. The zero-order valence-corrected chi connectivity index (χ0v) is 14.4. The maximum atomic E-state index is 12.9. The minimum atomic E-state index is -0.0149. The quantitative estimate of drug-likeness (QED) is 0.785. The molecule has 1 amide bonds. The summed E-state index contributed by atoms with van der Waals surface area (Å²) in [5.74, 6) is 1.78. The number of likely N-dealkylation sites (tertiary alicyclic amines) is 1. The highest BCUT2D eigenvalue weighted by molar-refractivity contribution is 5.78. The number of benzene rings is 1. The minimum absolute atomic E-state index is 0.0149. The van der Waals surface area contributed by atoms with Gasteiger partial charge in [-0.05, 0) is 35.4 Å². The highest BCUT2D eigenvalue weighted by Gasteiger charge is 2.32. The largest absolute Gasteiger partial charge is 0.340 e. The number of H-pyrrole nitrogens is 1. The summed E-state index contributed by atoms with van der Waals surface area (Å²) >= 11 is 0. The molecule has 1 aromatic carbocycles. The van der Waals surface area contributed by atoms with Gasteiger partial charge in [-0.25, -0.2) is 9.67 Å². The van der Waals surface area contributed by atoms with Gasteiger partial charge in [0.05, 0.1) is 17.1 Å². The van der Waals surface area contributed by atoms with Gasteiger partial charge < -0.3 is 9.88 Å². The molecule has 130 valence electrons. The van der Waals surface area contributed by atoms with E-state index < -0.39 is 0 Å². The van der Waals surface area contributed by atoms with Crippen LogP contribution in [0.2, 0.25) is 0 Å². The summed E-state index contributed by atoms with van der Waals surface area (Å²) in [6.45, 7) is 4.93. The first-order valence-electron chi connectivity index (χ1n) is 8.63. The number of rotatable bonds is 4. The number of nitrogens with zero attached hydrogens (tertiary/aromatic N) is 6. The fourth-order valence-electron chi connectivity index (χ4n) is 3.44. The molecule has 1 aliphatic heterocycles. The molecule has 0 aliphatic carbocycles. The third-order valence-corrected chi connectivity index (χ3v) is 4.66. The number of tetrazole rings is 1. The second-order valence-electron chi connectivity index (χ2n) is 6.73. The first-order chi connectivity index (χ1) is 12.1. The van der Waals surface area contributed by atoms with Gasteiger partial charge in [-0.2, -0.15) is 0 Å². The van der Waals surface area contributed by atoms with Gasteiger partial charge >= 0.3 is 0 Å². The van der Waals surface area contributed by atoms with Crippen molar-refractivity contribution in [2.75, 3.05) is 6.54 Å². The van der Waals surface area contributed by atoms with E-state index in [1.807, 2.05) is 43.0 Å². The number of carbonyl (C=O) groups is 1. The van der Waals surface area contributed by atoms with Crippen molar-refractivity contribution in [3.05, 3.63) is 35.9 Å². The molecule has 3 heterocycles. The molecule has 2 aromatic heterocycles. The highest BCUT2D eigenvalue weighted by atomic mass is 16.2. The number of carbonyl (C=O) groups excluding carboxylic acids is 1. The second-order valence-corrected chi connectivity index (χ2v) is 6.73. The van der Waals surface area contributed by atoms with Crippen molar-refractivity contribution in [1.82, 2.24) is 35.1 Å².